The zero-order valence-electron chi connectivity index (χ0n) is 9.11. The second kappa shape index (κ2) is 6.60. The van der Waals surface area contributed by atoms with Gasteiger partial charge in [0.25, 0.3) is 0 Å². The van der Waals surface area contributed by atoms with Crippen LogP contribution >= 0.6 is 0 Å². The maximum Gasteiger partial charge on any atom is 0.320 e. The molecule has 2 amide bonds. The molecule has 0 spiro atoms. The van der Waals surface area contributed by atoms with Gasteiger partial charge in [-0.05, 0) is 0 Å². The molecular weight excluding hydrogens is 194 g/mol. The highest BCUT2D eigenvalue weighted by Gasteiger charge is 2.26. The smallest absolute Gasteiger partial charge is 0.320 e. The molecule has 1 heterocycles. The van der Waals surface area contributed by atoms with Gasteiger partial charge in [-0.25, -0.2) is 4.79 Å². The first-order valence-corrected chi connectivity index (χ1v) is 5.44. The number of nitrogens with one attached hydrogen (secondary N) is 1. The van der Waals surface area contributed by atoms with E-state index in [9.17, 15) is 4.79 Å². The number of hydrogen-bond acceptors (Lipinski definition) is 4. The van der Waals surface area contributed by atoms with Crippen molar-refractivity contribution in [2.45, 2.75) is 0 Å². The number of nitrogens with two attached hydrogens (primary N) is 2. The Hall–Kier alpha value is -0.850. The molecule has 1 rings (SSSR count). The summed E-state index contributed by atoms with van der Waals surface area (Å²) in [5.74, 6) is 0. The van der Waals surface area contributed by atoms with Crippen LogP contribution in [0.5, 0.6) is 0 Å². The van der Waals surface area contributed by atoms with Gasteiger partial charge in [-0.1, -0.05) is 0 Å². The standard InChI is InChI=1S/C9H21N5O/c10-1-3-12-4-6-14-8-7-13(5-2-11)9(14)15/h12H,1-8,10-11H2. The van der Waals surface area contributed by atoms with Crippen LogP contribution in [0.4, 0.5) is 4.79 Å². The molecule has 88 valence electrons. The van der Waals surface area contributed by atoms with E-state index in [1.807, 2.05) is 4.90 Å². The fraction of sp³-hybridized carbons (Fsp3) is 0.889. The molecule has 0 aromatic carbocycles. The van der Waals surface area contributed by atoms with Crippen LogP contribution in [0, 0.1) is 0 Å². The number of amides is 2. The molecule has 0 bridgehead atoms. The van der Waals surface area contributed by atoms with Crippen LogP contribution < -0.4 is 16.8 Å². The van der Waals surface area contributed by atoms with Crippen LogP contribution in [0.2, 0.25) is 0 Å². The van der Waals surface area contributed by atoms with Gasteiger partial charge in [-0.2, -0.15) is 0 Å². The summed E-state index contributed by atoms with van der Waals surface area (Å²) in [6, 6.07) is 0.106. The Morgan fingerprint density at radius 3 is 2.33 bits per heavy atom. The fourth-order valence-electron chi connectivity index (χ4n) is 1.64. The van der Waals surface area contributed by atoms with E-state index in [0.29, 0.717) is 19.6 Å². The third-order valence-corrected chi connectivity index (χ3v) is 2.46. The van der Waals surface area contributed by atoms with Crippen molar-refractivity contribution in [3.8, 4) is 0 Å². The normalized spacial score (nSPS) is 16.5. The van der Waals surface area contributed by atoms with Gasteiger partial charge in [-0.3, -0.25) is 0 Å². The Morgan fingerprint density at radius 1 is 1.07 bits per heavy atom. The zero-order valence-corrected chi connectivity index (χ0v) is 9.11. The first-order chi connectivity index (χ1) is 7.29. The van der Waals surface area contributed by atoms with Gasteiger partial charge in [-0.15, -0.1) is 0 Å². The number of hydrogen-bond donors (Lipinski definition) is 3. The lowest BCUT2D eigenvalue weighted by atomic mass is 10.5. The first-order valence-electron chi connectivity index (χ1n) is 5.44. The van der Waals surface area contributed by atoms with Crippen molar-refractivity contribution in [1.29, 1.82) is 0 Å². The summed E-state index contributed by atoms with van der Waals surface area (Å²) in [6.45, 7) is 5.79. The predicted molar refractivity (Wildman–Crippen MR) is 59.5 cm³/mol. The van der Waals surface area contributed by atoms with Gasteiger partial charge in [0.15, 0.2) is 0 Å². The molecule has 0 radical (unpaired) electrons. The zero-order chi connectivity index (χ0) is 11.1. The van der Waals surface area contributed by atoms with E-state index in [1.165, 1.54) is 0 Å². The van der Waals surface area contributed by atoms with Crippen molar-refractivity contribution in [2.75, 3.05) is 52.4 Å². The summed E-state index contributed by atoms with van der Waals surface area (Å²) in [5.41, 5.74) is 10.8. The van der Waals surface area contributed by atoms with E-state index in [4.69, 9.17) is 11.5 Å². The average molecular weight is 215 g/mol. The summed E-state index contributed by atoms with van der Waals surface area (Å²) in [4.78, 5) is 15.3. The van der Waals surface area contributed by atoms with Crippen molar-refractivity contribution >= 4 is 6.03 Å². The van der Waals surface area contributed by atoms with Crippen molar-refractivity contribution in [3.63, 3.8) is 0 Å². The molecule has 5 N–H and O–H groups in total. The molecule has 1 aliphatic rings. The van der Waals surface area contributed by atoms with Crippen molar-refractivity contribution in [3.05, 3.63) is 0 Å². The van der Waals surface area contributed by atoms with E-state index in [-0.39, 0.29) is 6.03 Å². The topological polar surface area (TPSA) is 87.6 Å². The number of rotatable bonds is 7. The van der Waals surface area contributed by atoms with Crippen LogP contribution in [-0.2, 0) is 0 Å². The first kappa shape index (κ1) is 12.2. The lowest BCUT2D eigenvalue weighted by molar-refractivity contribution is 0.193. The van der Waals surface area contributed by atoms with Crippen molar-refractivity contribution in [1.82, 2.24) is 15.1 Å². The molecule has 0 unspecified atom stereocenters. The summed E-state index contributed by atoms with van der Waals surface area (Å²) in [5, 5.41) is 3.17. The monoisotopic (exact) mass is 215 g/mol. The summed E-state index contributed by atoms with van der Waals surface area (Å²) >= 11 is 0. The third kappa shape index (κ3) is 3.65. The maximum atomic E-state index is 11.7. The maximum absolute atomic E-state index is 11.7. The molecule has 1 aliphatic heterocycles. The SMILES string of the molecule is NCCNCCN1CCN(CCN)C1=O. The highest BCUT2D eigenvalue weighted by molar-refractivity contribution is 5.76. The van der Waals surface area contributed by atoms with E-state index >= 15 is 0 Å². The Bertz CT molecular complexity index is 199. The highest BCUT2D eigenvalue weighted by Crippen LogP contribution is 2.06. The average Bonchev–Trinajstić information content (AvgIpc) is 2.57. The Kier molecular flexibility index (Phi) is 5.38. The molecule has 0 atom stereocenters. The molecule has 1 fully saturated rings. The second-order valence-corrected chi connectivity index (χ2v) is 3.58. The molecule has 6 heteroatoms. The van der Waals surface area contributed by atoms with E-state index in [1.54, 1.807) is 4.90 Å². The molecule has 6 nitrogen and oxygen atoms in total. The van der Waals surface area contributed by atoms with E-state index in [0.717, 1.165) is 32.7 Å². The van der Waals surface area contributed by atoms with Crippen molar-refractivity contribution in [2.24, 2.45) is 11.5 Å². The van der Waals surface area contributed by atoms with E-state index < -0.39 is 0 Å². The minimum absolute atomic E-state index is 0.106. The van der Waals surface area contributed by atoms with Gasteiger partial charge in [0.2, 0.25) is 0 Å². The number of urea groups is 1. The highest BCUT2D eigenvalue weighted by atomic mass is 16.2. The van der Waals surface area contributed by atoms with Crippen molar-refractivity contribution < 1.29 is 4.79 Å². The summed E-state index contributed by atoms with van der Waals surface area (Å²) in [6.07, 6.45) is 0. The Labute approximate surface area is 90.6 Å². The molecule has 0 saturated carbocycles. The van der Waals surface area contributed by atoms with E-state index in [2.05, 4.69) is 5.32 Å². The van der Waals surface area contributed by atoms with Crippen LogP contribution in [0.15, 0.2) is 0 Å². The number of carbonyl (C=O) groups excluding carboxylic acids is 1. The van der Waals surface area contributed by atoms with Crippen LogP contribution in [-0.4, -0.2) is 68.2 Å². The minimum atomic E-state index is 0.106. The lowest BCUT2D eigenvalue weighted by Crippen LogP contribution is -2.38. The molecule has 1 saturated heterocycles. The Morgan fingerprint density at radius 2 is 1.73 bits per heavy atom. The Balaban J connectivity index is 2.18. The largest absolute Gasteiger partial charge is 0.329 e. The third-order valence-electron chi connectivity index (χ3n) is 2.46. The number of nitrogens with zero attached hydrogens (tertiary/aromatic N) is 2. The van der Waals surface area contributed by atoms with Gasteiger partial charge in [0.1, 0.15) is 0 Å². The van der Waals surface area contributed by atoms with Gasteiger partial charge in [0.05, 0.1) is 0 Å². The molecule has 0 aromatic heterocycles. The molecule has 0 aliphatic carbocycles. The van der Waals surface area contributed by atoms with Gasteiger partial charge >= 0.3 is 6.03 Å². The molecular formula is C9H21N5O. The summed E-state index contributed by atoms with van der Waals surface area (Å²) < 4.78 is 0. The molecule has 15 heavy (non-hydrogen) atoms. The fourth-order valence-corrected chi connectivity index (χ4v) is 1.64. The number of carbonyl (C=O) groups is 1. The van der Waals surface area contributed by atoms with Crippen LogP contribution in [0.3, 0.4) is 0 Å². The van der Waals surface area contributed by atoms with Gasteiger partial charge in [0, 0.05) is 52.4 Å². The van der Waals surface area contributed by atoms with Crippen LogP contribution in [0.25, 0.3) is 0 Å². The minimum Gasteiger partial charge on any atom is -0.329 e. The van der Waals surface area contributed by atoms with Gasteiger partial charge < -0.3 is 26.6 Å². The quantitative estimate of drug-likeness (QED) is 0.439. The predicted octanol–water partition coefficient (Wildman–Crippen LogP) is -1.77. The molecule has 0 aromatic rings. The second-order valence-electron chi connectivity index (χ2n) is 3.58. The van der Waals surface area contributed by atoms with Crippen LogP contribution in [0.1, 0.15) is 0 Å². The summed E-state index contributed by atoms with van der Waals surface area (Å²) in [7, 11) is 0. The lowest BCUT2D eigenvalue weighted by Gasteiger charge is -2.18.